The summed E-state index contributed by atoms with van der Waals surface area (Å²) in [4.78, 5) is 21.0. The van der Waals surface area contributed by atoms with Gasteiger partial charge in [-0.05, 0) is 59.1 Å². The molecule has 1 fully saturated rings. The summed E-state index contributed by atoms with van der Waals surface area (Å²) in [5, 5.41) is 13.7. The van der Waals surface area contributed by atoms with Crippen LogP contribution in [0.4, 0.5) is 10.1 Å². The fourth-order valence-corrected chi connectivity index (χ4v) is 4.94. The van der Waals surface area contributed by atoms with E-state index in [0.29, 0.717) is 56.1 Å². The Labute approximate surface area is 219 Å². The Morgan fingerprint density at radius 1 is 1.28 bits per heavy atom. The molecule has 10 heteroatoms. The summed E-state index contributed by atoms with van der Waals surface area (Å²) in [5.41, 5.74) is 1.91. The Morgan fingerprint density at radius 2 is 2.11 bits per heavy atom. The topological polar surface area (TPSA) is 96.5 Å². The van der Waals surface area contributed by atoms with Gasteiger partial charge in [0.15, 0.2) is 17.3 Å². The normalized spacial score (nSPS) is 17.8. The maximum atomic E-state index is 14.0. The van der Waals surface area contributed by atoms with E-state index in [0.717, 1.165) is 6.42 Å². The fourth-order valence-electron chi connectivity index (χ4n) is 4.20. The van der Waals surface area contributed by atoms with Gasteiger partial charge in [0.25, 0.3) is 0 Å². The smallest absolute Gasteiger partial charge is 0.196 e. The van der Waals surface area contributed by atoms with E-state index in [2.05, 4.69) is 31.2 Å². The standard InChI is InChI=1S/C26H22BrClFN3O4/c27-19-9-15(36-22-4-2-1-3-21(22)29)7-8-17(19)25(34)18-10-30-26-23(18)24(20(28)11-31-26)32-14-5-6-16(12-33)35-13-14/h1-4,7-11,14,16,33H,5-6,12-13H2,(H2,30,31,32)/t14-,16+/m1/s1. The zero-order valence-electron chi connectivity index (χ0n) is 18.9. The molecule has 0 saturated carbocycles. The van der Waals surface area contributed by atoms with Crippen LogP contribution < -0.4 is 10.1 Å². The third-order valence-corrected chi connectivity index (χ3v) is 7.01. The van der Waals surface area contributed by atoms with E-state index in [1.807, 2.05) is 0 Å². The van der Waals surface area contributed by atoms with Crippen LogP contribution in [0, 0.1) is 5.82 Å². The lowest BCUT2D eigenvalue weighted by atomic mass is 10.0. The molecule has 1 aliphatic heterocycles. The number of aromatic amines is 1. The molecular formula is C26H22BrClFN3O4. The number of halogens is 3. The molecule has 3 heterocycles. The Morgan fingerprint density at radius 3 is 2.83 bits per heavy atom. The number of nitrogens with zero attached hydrogens (tertiary/aromatic N) is 1. The minimum absolute atomic E-state index is 0.0115. The second-order valence-electron chi connectivity index (χ2n) is 8.47. The largest absolute Gasteiger partial charge is 0.454 e. The average Bonchev–Trinajstić information content (AvgIpc) is 3.32. The fraction of sp³-hybridized carbons (Fsp3) is 0.231. The van der Waals surface area contributed by atoms with Crippen molar-refractivity contribution in [1.82, 2.24) is 9.97 Å². The van der Waals surface area contributed by atoms with Crippen molar-refractivity contribution in [2.24, 2.45) is 0 Å². The SMILES string of the molecule is O=C(c1ccc(Oc2ccccc2F)cc1Br)c1c[nH]c2ncc(Cl)c(N[C@@H]3CC[C@@H](CO)OC3)c12. The minimum Gasteiger partial charge on any atom is -0.454 e. The third kappa shape index (κ3) is 4.97. The van der Waals surface area contributed by atoms with E-state index in [4.69, 9.17) is 21.1 Å². The number of H-pyrrole nitrogens is 1. The zero-order chi connectivity index (χ0) is 25.2. The van der Waals surface area contributed by atoms with E-state index < -0.39 is 5.82 Å². The zero-order valence-corrected chi connectivity index (χ0v) is 21.3. The Bertz CT molecular complexity index is 1420. The van der Waals surface area contributed by atoms with Gasteiger partial charge in [0.2, 0.25) is 0 Å². The lowest BCUT2D eigenvalue weighted by Crippen LogP contribution is -2.36. The highest BCUT2D eigenvalue weighted by atomic mass is 79.9. The second-order valence-corrected chi connectivity index (χ2v) is 9.73. The summed E-state index contributed by atoms with van der Waals surface area (Å²) in [7, 11) is 0. The van der Waals surface area contributed by atoms with E-state index >= 15 is 0 Å². The molecule has 1 saturated heterocycles. The van der Waals surface area contributed by atoms with Crippen LogP contribution in [-0.4, -0.2) is 46.2 Å². The van der Waals surface area contributed by atoms with E-state index in [1.54, 1.807) is 36.5 Å². The molecule has 0 aliphatic carbocycles. The number of hydrogen-bond acceptors (Lipinski definition) is 6. The molecule has 4 aromatic rings. The number of pyridine rings is 1. The van der Waals surface area contributed by atoms with Crippen molar-refractivity contribution < 1.29 is 23.8 Å². The van der Waals surface area contributed by atoms with Crippen molar-refractivity contribution in [2.45, 2.75) is 25.0 Å². The molecule has 0 bridgehead atoms. The lowest BCUT2D eigenvalue weighted by Gasteiger charge is -2.29. The first-order valence-corrected chi connectivity index (χ1v) is 12.5. The molecule has 186 valence electrons. The quantitative estimate of drug-likeness (QED) is 0.231. The number of hydrogen-bond donors (Lipinski definition) is 3. The van der Waals surface area contributed by atoms with Crippen LogP contribution in [0.1, 0.15) is 28.8 Å². The highest BCUT2D eigenvalue weighted by molar-refractivity contribution is 9.10. The summed E-state index contributed by atoms with van der Waals surface area (Å²) in [5.74, 6) is -0.258. The van der Waals surface area contributed by atoms with Crippen LogP contribution >= 0.6 is 27.5 Å². The Balaban J connectivity index is 1.44. The van der Waals surface area contributed by atoms with Gasteiger partial charge in [-0.2, -0.15) is 0 Å². The van der Waals surface area contributed by atoms with Crippen molar-refractivity contribution in [3.63, 3.8) is 0 Å². The van der Waals surface area contributed by atoms with Crippen LogP contribution in [0.5, 0.6) is 11.5 Å². The summed E-state index contributed by atoms with van der Waals surface area (Å²) in [6.45, 7) is 0.399. The number of nitrogens with one attached hydrogen (secondary N) is 2. The molecular weight excluding hydrogens is 553 g/mol. The number of ether oxygens (including phenoxy) is 2. The van der Waals surface area contributed by atoms with Crippen molar-refractivity contribution in [3.05, 3.63) is 81.3 Å². The highest BCUT2D eigenvalue weighted by Gasteiger charge is 2.25. The number of anilines is 1. The van der Waals surface area contributed by atoms with E-state index in [1.165, 1.54) is 18.3 Å². The number of rotatable bonds is 7. The third-order valence-electron chi connectivity index (χ3n) is 6.07. The number of aliphatic hydroxyl groups is 1. The molecule has 2 atom stereocenters. The number of aromatic nitrogens is 2. The highest BCUT2D eigenvalue weighted by Crippen LogP contribution is 2.36. The second kappa shape index (κ2) is 10.6. The maximum Gasteiger partial charge on any atom is 0.196 e. The molecule has 0 spiro atoms. The molecule has 3 N–H and O–H groups in total. The predicted octanol–water partition coefficient (Wildman–Crippen LogP) is 6.09. The number of carbonyl (C=O) groups excluding carboxylic acids is 1. The molecule has 7 nitrogen and oxygen atoms in total. The summed E-state index contributed by atoms with van der Waals surface area (Å²) in [6, 6.07) is 10.9. The maximum absolute atomic E-state index is 14.0. The summed E-state index contributed by atoms with van der Waals surface area (Å²) < 4.78 is 25.8. The number of aliphatic hydroxyl groups excluding tert-OH is 1. The van der Waals surface area contributed by atoms with Gasteiger partial charge in [0.1, 0.15) is 11.4 Å². The van der Waals surface area contributed by atoms with Gasteiger partial charge in [-0.15, -0.1) is 0 Å². The van der Waals surface area contributed by atoms with Crippen molar-refractivity contribution in [3.8, 4) is 11.5 Å². The summed E-state index contributed by atoms with van der Waals surface area (Å²) in [6.07, 6.45) is 4.48. The van der Waals surface area contributed by atoms with E-state index in [9.17, 15) is 14.3 Å². The molecule has 0 radical (unpaired) electrons. The molecule has 36 heavy (non-hydrogen) atoms. The van der Waals surface area contributed by atoms with Gasteiger partial charge in [0, 0.05) is 22.3 Å². The van der Waals surface area contributed by atoms with Crippen LogP contribution in [0.2, 0.25) is 5.02 Å². The van der Waals surface area contributed by atoms with Crippen LogP contribution in [0.3, 0.4) is 0 Å². The van der Waals surface area contributed by atoms with E-state index in [-0.39, 0.29) is 30.3 Å². The monoisotopic (exact) mass is 573 g/mol. The number of ketones is 1. The first-order valence-electron chi connectivity index (χ1n) is 11.4. The number of benzene rings is 2. The van der Waals surface area contributed by atoms with Gasteiger partial charge in [-0.1, -0.05) is 23.7 Å². The van der Waals surface area contributed by atoms with Crippen molar-refractivity contribution in [2.75, 3.05) is 18.5 Å². The first-order chi connectivity index (χ1) is 17.4. The lowest BCUT2D eigenvalue weighted by molar-refractivity contribution is -0.0223. The van der Waals surface area contributed by atoms with Crippen molar-refractivity contribution in [1.29, 1.82) is 0 Å². The van der Waals surface area contributed by atoms with Gasteiger partial charge < -0.3 is 24.9 Å². The van der Waals surface area contributed by atoms with Crippen LogP contribution in [0.25, 0.3) is 11.0 Å². The predicted molar refractivity (Wildman–Crippen MR) is 139 cm³/mol. The molecule has 0 unspecified atom stereocenters. The number of fused-ring (bicyclic) bond motifs is 1. The molecule has 0 amide bonds. The molecule has 1 aliphatic rings. The van der Waals surface area contributed by atoms with Gasteiger partial charge >= 0.3 is 0 Å². The summed E-state index contributed by atoms with van der Waals surface area (Å²) >= 11 is 9.97. The molecule has 5 rings (SSSR count). The molecule has 2 aromatic carbocycles. The Hall–Kier alpha value is -2.98. The molecule has 2 aromatic heterocycles. The number of carbonyl (C=O) groups is 1. The van der Waals surface area contributed by atoms with Gasteiger partial charge in [-0.3, -0.25) is 4.79 Å². The number of para-hydroxylation sites is 1. The van der Waals surface area contributed by atoms with Gasteiger partial charge in [0.05, 0.1) is 47.2 Å². The first kappa shape index (κ1) is 24.7. The van der Waals surface area contributed by atoms with Crippen LogP contribution in [0.15, 0.2) is 59.3 Å². The van der Waals surface area contributed by atoms with Gasteiger partial charge in [-0.25, -0.2) is 9.37 Å². The average molecular weight is 575 g/mol. The Kier molecular flexibility index (Phi) is 7.25. The van der Waals surface area contributed by atoms with Crippen LogP contribution in [-0.2, 0) is 4.74 Å². The minimum atomic E-state index is -0.479. The van der Waals surface area contributed by atoms with Crippen molar-refractivity contribution >= 4 is 50.0 Å².